The van der Waals surface area contributed by atoms with Gasteiger partial charge in [-0.25, -0.2) is 0 Å². The minimum absolute atomic E-state index is 0.630. The summed E-state index contributed by atoms with van der Waals surface area (Å²) >= 11 is 0. The van der Waals surface area contributed by atoms with E-state index in [-0.39, 0.29) is 0 Å². The lowest BCUT2D eigenvalue weighted by atomic mass is 9.70. The molecule has 0 N–H and O–H groups in total. The highest BCUT2D eigenvalue weighted by Crippen LogP contribution is 2.40. The summed E-state index contributed by atoms with van der Waals surface area (Å²) in [4.78, 5) is 0. The highest BCUT2D eigenvalue weighted by Gasteiger charge is 2.28. The van der Waals surface area contributed by atoms with Crippen LogP contribution in [0.3, 0.4) is 0 Å². The first-order chi connectivity index (χ1) is 6.55. The van der Waals surface area contributed by atoms with E-state index in [0.29, 0.717) is 5.41 Å². The fraction of sp³-hybridized carbons (Fsp3) is 1.00. The van der Waals surface area contributed by atoms with Crippen LogP contribution < -0.4 is 0 Å². The van der Waals surface area contributed by atoms with Gasteiger partial charge in [0, 0.05) is 0 Å². The topological polar surface area (TPSA) is 0 Å². The van der Waals surface area contributed by atoms with Gasteiger partial charge in [0.2, 0.25) is 0 Å². The van der Waals surface area contributed by atoms with E-state index in [2.05, 4.69) is 41.5 Å². The smallest absolute Gasteiger partial charge is 0.0303 e. The Morgan fingerprint density at radius 1 is 0.857 bits per heavy atom. The molecule has 0 radical (unpaired) electrons. The van der Waals surface area contributed by atoms with Crippen molar-refractivity contribution in [1.29, 1.82) is 0 Å². The second kappa shape index (κ2) is 6.48. The third kappa shape index (κ3) is 3.63. The molecule has 0 amide bonds. The van der Waals surface area contributed by atoms with Crippen LogP contribution in [0.1, 0.15) is 73.6 Å². The van der Waals surface area contributed by atoms with Crippen LogP contribution in [0.5, 0.6) is 0 Å². The van der Waals surface area contributed by atoms with Gasteiger partial charge in [-0.1, -0.05) is 67.2 Å². The molecule has 0 aromatic heterocycles. The molecular formula is C14H30. The summed E-state index contributed by atoms with van der Waals surface area (Å²) in [6, 6.07) is 0. The monoisotopic (exact) mass is 198 g/mol. The van der Waals surface area contributed by atoms with E-state index in [9.17, 15) is 0 Å². The van der Waals surface area contributed by atoms with E-state index >= 15 is 0 Å². The van der Waals surface area contributed by atoms with Crippen molar-refractivity contribution in [3.63, 3.8) is 0 Å². The van der Waals surface area contributed by atoms with E-state index in [4.69, 9.17) is 0 Å². The molecule has 0 aliphatic heterocycles. The van der Waals surface area contributed by atoms with Crippen LogP contribution in [0.4, 0.5) is 0 Å². The molecule has 0 saturated heterocycles. The van der Waals surface area contributed by atoms with Crippen molar-refractivity contribution in [1.82, 2.24) is 0 Å². The summed E-state index contributed by atoms with van der Waals surface area (Å²) in [7, 11) is 0. The van der Waals surface area contributed by atoms with Gasteiger partial charge in [-0.2, -0.15) is 0 Å². The summed E-state index contributed by atoms with van der Waals surface area (Å²) < 4.78 is 0. The van der Waals surface area contributed by atoms with Gasteiger partial charge in [0.25, 0.3) is 0 Å². The molecule has 0 heteroatoms. The van der Waals surface area contributed by atoms with Gasteiger partial charge in [-0.3, -0.25) is 0 Å². The Morgan fingerprint density at radius 3 is 1.50 bits per heavy atom. The molecule has 0 nitrogen and oxygen atoms in total. The largest absolute Gasteiger partial charge is 0.0651 e. The summed E-state index contributed by atoms with van der Waals surface area (Å²) in [5.74, 6) is 1.78. The minimum atomic E-state index is 0.630. The number of hydrogen-bond donors (Lipinski definition) is 0. The van der Waals surface area contributed by atoms with Crippen molar-refractivity contribution in [3.05, 3.63) is 0 Å². The molecule has 14 heavy (non-hydrogen) atoms. The SMILES string of the molecule is CCC(CC(CC)(CC)CC)C(C)C. The van der Waals surface area contributed by atoms with Gasteiger partial charge in [0.15, 0.2) is 0 Å². The zero-order valence-electron chi connectivity index (χ0n) is 11.2. The highest BCUT2D eigenvalue weighted by atomic mass is 14.3. The summed E-state index contributed by atoms with van der Waals surface area (Å²) in [5, 5.41) is 0. The lowest BCUT2D eigenvalue weighted by Gasteiger charge is -2.35. The van der Waals surface area contributed by atoms with E-state index < -0.39 is 0 Å². The Labute approximate surface area is 91.5 Å². The number of hydrogen-bond acceptors (Lipinski definition) is 0. The maximum Gasteiger partial charge on any atom is -0.0303 e. The minimum Gasteiger partial charge on any atom is -0.0651 e. The first-order valence-corrected chi connectivity index (χ1v) is 6.55. The molecule has 0 heterocycles. The van der Waals surface area contributed by atoms with Crippen molar-refractivity contribution in [3.8, 4) is 0 Å². The van der Waals surface area contributed by atoms with E-state index in [1.54, 1.807) is 0 Å². The fourth-order valence-corrected chi connectivity index (χ4v) is 2.59. The van der Waals surface area contributed by atoms with Crippen LogP contribution >= 0.6 is 0 Å². The predicted molar refractivity (Wildman–Crippen MR) is 66.5 cm³/mol. The van der Waals surface area contributed by atoms with Crippen molar-refractivity contribution < 1.29 is 0 Å². The molecular weight excluding hydrogens is 168 g/mol. The van der Waals surface area contributed by atoms with Gasteiger partial charge in [0.1, 0.15) is 0 Å². The van der Waals surface area contributed by atoms with Crippen molar-refractivity contribution >= 4 is 0 Å². The Kier molecular flexibility index (Phi) is 6.48. The second-order valence-corrected chi connectivity index (χ2v) is 5.18. The number of rotatable bonds is 7. The van der Waals surface area contributed by atoms with Crippen LogP contribution in [0.2, 0.25) is 0 Å². The normalized spacial score (nSPS) is 14.8. The molecule has 0 spiro atoms. The zero-order chi connectivity index (χ0) is 11.2. The van der Waals surface area contributed by atoms with E-state index in [1.807, 2.05) is 0 Å². The van der Waals surface area contributed by atoms with Crippen molar-refractivity contribution in [2.75, 3.05) is 0 Å². The Balaban J connectivity index is 4.39. The maximum atomic E-state index is 2.37. The molecule has 0 aliphatic rings. The summed E-state index contributed by atoms with van der Waals surface area (Å²) in [6.07, 6.45) is 6.83. The molecule has 0 aromatic carbocycles. The van der Waals surface area contributed by atoms with Gasteiger partial charge >= 0.3 is 0 Å². The van der Waals surface area contributed by atoms with Gasteiger partial charge in [-0.15, -0.1) is 0 Å². The quantitative estimate of drug-likeness (QED) is 0.522. The maximum absolute atomic E-state index is 2.37. The van der Waals surface area contributed by atoms with Crippen LogP contribution in [0.15, 0.2) is 0 Å². The Bertz CT molecular complexity index is 123. The van der Waals surface area contributed by atoms with Gasteiger partial charge < -0.3 is 0 Å². The van der Waals surface area contributed by atoms with Crippen LogP contribution in [-0.2, 0) is 0 Å². The third-order valence-electron chi connectivity index (χ3n) is 4.41. The average molecular weight is 198 g/mol. The predicted octanol–water partition coefficient (Wildman–Crippen LogP) is 5.28. The third-order valence-corrected chi connectivity index (χ3v) is 4.41. The van der Waals surface area contributed by atoms with Crippen LogP contribution in [0.25, 0.3) is 0 Å². The lowest BCUT2D eigenvalue weighted by Crippen LogP contribution is -2.24. The van der Waals surface area contributed by atoms with Gasteiger partial charge in [0.05, 0.1) is 0 Å². The molecule has 0 aromatic rings. The first-order valence-electron chi connectivity index (χ1n) is 6.55. The molecule has 1 unspecified atom stereocenters. The van der Waals surface area contributed by atoms with Crippen LogP contribution in [0, 0.1) is 17.3 Å². The van der Waals surface area contributed by atoms with E-state index in [1.165, 1.54) is 32.1 Å². The first kappa shape index (κ1) is 14.0. The molecule has 0 fully saturated rings. The Morgan fingerprint density at radius 2 is 1.29 bits per heavy atom. The van der Waals surface area contributed by atoms with Gasteiger partial charge in [-0.05, 0) is 23.7 Å². The molecule has 86 valence electrons. The van der Waals surface area contributed by atoms with Crippen molar-refractivity contribution in [2.45, 2.75) is 73.6 Å². The molecule has 1 atom stereocenters. The van der Waals surface area contributed by atoms with Crippen LogP contribution in [-0.4, -0.2) is 0 Å². The average Bonchev–Trinajstić information content (AvgIpc) is 2.20. The second-order valence-electron chi connectivity index (χ2n) is 5.18. The standard InChI is InChI=1S/C14H30/c1-7-13(12(5)6)11-14(8-2,9-3)10-4/h12-13H,7-11H2,1-6H3. The summed E-state index contributed by atoms with van der Waals surface area (Å²) in [5.41, 5.74) is 0.630. The molecule has 0 bridgehead atoms. The molecule has 0 aliphatic carbocycles. The molecule has 0 saturated carbocycles. The zero-order valence-corrected chi connectivity index (χ0v) is 11.2. The summed E-state index contributed by atoms with van der Waals surface area (Å²) in [6.45, 7) is 14.2. The fourth-order valence-electron chi connectivity index (χ4n) is 2.59. The lowest BCUT2D eigenvalue weighted by molar-refractivity contribution is 0.157. The Hall–Kier alpha value is 0. The van der Waals surface area contributed by atoms with Crippen molar-refractivity contribution in [2.24, 2.45) is 17.3 Å². The molecule has 0 rings (SSSR count). The van der Waals surface area contributed by atoms with E-state index in [0.717, 1.165) is 11.8 Å². The highest BCUT2D eigenvalue weighted by molar-refractivity contribution is 4.79.